The van der Waals surface area contributed by atoms with Gasteiger partial charge < -0.3 is 10.2 Å². The number of hydrogen-bond donors (Lipinski definition) is 2. The van der Waals surface area contributed by atoms with Gasteiger partial charge in [0.1, 0.15) is 0 Å². The first-order valence-corrected chi connectivity index (χ1v) is 8.22. The second-order valence-electron chi connectivity index (χ2n) is 6.52. The van der Waals surface area contributed by atoms with Gasteiger partial charge in [-0.05, 0) is 62.6 Å². The highest BCUT2D eigenvalue weighted by Crippen LogP contribution is 2.17. The lowest BCUT2D eigenvalue weighted by atomic mass is 10.1. The average Bonchev–Trinajstić information content (AvgIpc) is 2.48. The van der Waals surface area contributed by atoms with Crippen LogP contribution in [0, 0.1) is 27.7 Å². The Morgan fingerprint density at radius 1 is 0.920 bits per heavy atom. The number of urea groups is 1. The van der Waals surface area contributed by atoms with Crippen molar-refractivity contribution in [2.75, 3.05) is 23.8 Å². The van der Waals surface area contributed by atoms with E-state index in [0.29, 0.717) is 5.69 Å². The second kappa shape index (κ2) is 7.83. The fourth-order valence-corrected chi connectivity index (χ4v) is 2.75. The molecule has 132 valence electrons. The van der Waals surface area contributed by atoms with Gasteiger partial charge in [0.2, 0.25) is 5.91 Å². The van der Waals surface area contributed by atoms with Gasteiger partial charge in [0.15, 0.2) is 0 Å². The van der Waals surface area contributed by atoms with Gasteiger partial charge >= 0.3 is 6.03 Å². The number of aryl methyl sites for hydroxylation is 4. The van der Waals surface area contributed by atoms with Crippen LogP contribution in [0.2, 0.25) is 0 Å². The Hall–Kier alpha value is -2.82. The fourth-order valence-electron chi connectivity index (χ4n) is 2.75. The summed E-state index contributed by atoms with van der Waals surface area (Å²) in [7, 11) is 1.83. The molecule has 0 fully saturated rings. The summed E-state index contributed by atoms with van der Waals surface area (Å²) in [6.45, 7) is 8.04. The van der Waals surface area contributed by atoms with Gasteiger partial charge in [-0.25, -0.2) is 4.79 Å². The van der Waals surface area contributed by atoms with Crippen LogP contribution >= 0.6 is 0 Å². The van der Waals surface area contributed by atoms with Gasteiger partial charge in [-0.1, -0.05) is 23.8 Å². The molecule has 2 aromatic rings. The number of carbonyl (C=O) groups is 2. The molecule has 0 atom stereocenters. The SMILES string of the molecule is Cc1cc(C)cc(N(C)CC(=O)NC(=O)Nc2ccc(C)cc2C)c1. The van der Waals surface area contributed by atoms with Crippen LogP contribution < -0.4 is 15.5 Å². The summed E-state index contributed by atoms with van der Waals surface area (Å²) in [6.07, 6.45) is 0. The Balaban J connectivity index is 1.93. The largest absolute Gasteiger partial charge is 0.365 e. The van der Waals surface area contributed by atoms with Crippen LogP contribution in [0.15, 0.2) is 36.4 Å². The first-order chi connectivity index (χ1) is 11.7. The molecule has 5 nitrogen and oxygen atoms in total. The van der Waals surface area contributed by atoms with E-state index in [1.165, 1.54) is 0 Å². The molecule has 0 spiro atoms. The number of likely N-dealkylation sites (N-methyl/N-ethyl adjacent to an activating group) is 1. The predicted molar refractivity (Wildman–Crippen MR) is 102 cm³/mol. The monoisotopic (exact) mass is 339 g/mol. The molecule has 0 heterocycles. The molecule has 2 rings (SSSR count). The summed E-state index contributed by atoms with van der Waals surface area (Å²) in [5.41, 5.74) is 5.98. The van der Waals surface area contributed by atoms with E-state index in [9.17, 15) is 9.59 Å². The molecule has 2 aromatic carbocycles. The van der Waals surface area contributed by atoms with Crippen molar-refractivity contribution >= 4 is 23.3 Å². The van der Waals surface area contributed by atoms with E-state index >= 15 is 0 Å². The third-order valence-electron chi connectivity index (χ3n) is 3.91. The van der Waals surface area contributed by atoms with Crippen LogP contribution in [0.4, 0.5) is 16.2 Å². The van der Waals surface area contributed by atoms with E-state index in [2.05, 4.69) is 16.7 Å². The summed E-state index contributed by atoms with van der Waals surface area (Å²) in [5.74, 6) is -0.357. The lowest BCUT2D eigenvalue weighted by Gasteiger charge is -2.20. The van der Waals surface area contributed by atoms with Crippen LogP contribution in [-0.4, -0.2) is 25.5 Å². The van der Waals surface area contributed by atoms with E-state index in [1.807, 2.05) is 70.0 Å². The van der Waals surface area contributed by atoms with Crippen molar-refractivity contribution in [1.82, 2.24) is 5.32 Å². The Bertz CT molecular complexity index is 779. The van der Waals surface area contributed by atoms with Crippen LogP contribution in [0.1, 0.15) is 22.3 Å². The van der Waals surface area contributed by atoms with Gasteiger partial charge in [0.05, 0.1) is 6.54 Å². The number of nitrogens with zero attached hydrogens (tertiary/aromatic N) is 1. The first-order valence-electron chi connectivity index (χ1n) is 8.22. The average molecular weight is 339 g/mol. The zero-order valence-corrected chi connectivity index (χ0v) is 15.4. The minimum absolute atomic E-state index is 0.100. The molecule has 5 heteroatoms. The maximum Gasteiger partial charge on any atom is 0.325 e. The van der Waals surface area contributed by atoms with Crippen LogP contribution in [0.25, 0.3) is 0 Å². The van der Waals surface area contributed by atoms with Gasteiger partial charge in [-0.15, -0.1) is 0 Å². The van der Waals surface area contributed by atoms with Gasteiger partial charge in [0, 0.05) is 18.4 Å². The van der Waals surface area contributed by atoms with Crippen molar-refractivity contribution in [1.29, 1.82) is 0 Å². The highest BCUT2D eigenvalue weighted by atomic mass is 16.2. The summed E-state index contributed by atoms with van der Waals surface area (Å²) in [6, 6.07) is 11.3. The molecule has 0 saturated carbocycles. The number of hydrogen-bond acceptors (Lipinski definition) is 3. The number of nitrogens with one attached hydrogen (secondary N) is 2. The number of amides is 3. The van der Waals surface area contributed by atoms with Crippen molar-refractivity contribution in [2.24, 2.45) is 0 Å². The minimum atomic E-state index is -0.522. The molecular formula is C20H25N3O2. The molecule has 0 aromatic heterocycles. The highest BCUT2D eigenvalue weighted by Gasteiger charge is 2.12. The lowest BCUT2D eigenvalue weighted by Crippen LogP contribution is -2.40. The molecule has 0 saturated heterocycles. The van der Waals surface area contributed by atoms with E-state index in [4.69, 9.17) is 0 Å². The summed E-state index contributed by atoms with van der Waals surface area (Å²) < 4.78 is 0. The third kappa shape index (κ3) is 5.35. The molecular weight excluding hydrogens is 314 g/mol. The Kier molecular flexibility index (Phi) is 5.80. The molecule has 0 aliphatic heterocycles. The number of rotatable bonds is 4. The molecule has 25 heavy (non-hydrogen) atoms. The Labute approximate surface area is 149 Å². The quantitative estimate of drug-likeness (QED) is 0.893. The normalized spacial score (nSPS) is 10.3. The van der Waals surface area contributed by atoms with Gasteiger partial charge in [0.25, 0.3) is 0 Å². The minimum Gasteiger partial charge on any atom is -0.365 e. The topological polar surface area (TPSA) is 61.4 Å². The first kappa shape index (κ1) is 18.5. The van der Waals surface area contributed by atoms with E-state index in [0.717, 1.165) is 27.9 Å². The summed E-state index contributed by atoms with van der Waals surface area (Å²) in [4.78, 5) is 26.0. The third-order valence-corrected chi connectivity index (χ3v) is 3.91. The maximum absolute atomic E-state index is 12.1. The molecule has 0 radical (unpaired) electrons. The predicted octanol–water partition coefficient (Wildman–Crippen LogP) is 3.70. The standard InChI is InChI=1S/C20H25N3O2/c1-13-6-7-18(16(4)9-13)21-20(25)22-19(24)12-23(5)17-10-14(2)8-15(3)11-17/h6-11H,12H2,1-5H3,(H2,21,22,24,25). The number of imide groups is 1. The van der Waals surface area contributed by atoms with Gasteiger partial charge in [-0.3, -0.25) is 10.1 Å². The second-order valence-corrected chi connectivity index (χ2v) is 6.52. The number of anilines is 2. The van der Waals surface area contributed by atoms with Crippen molar-refractivity contribution in [3.05, 3.63) is 58.7 Å². The van der Waals surface area contributed by atoms with Gasteiger partial charge in [-0.2, -0.15) is 0 Å². The van der Waals surface area contributed by atoms with E-state index in [1.54, 1.807) is 0 Å². The molecule has 0 aliphatic rings. The zero-order chi connectivity index (χ0) is 18.6. The van der Waals surface area contributed by atoms with Crippen molar-refractivity contribution < 1.29 is 9.59 Å². The lowest BCUT2D eigenvalue weighted by molar-refractivity contribution is -0.118. The Morgan fingerprint density at radius 3 is 2.16 bits per heavy atom. The molecule has 2 N–H and O–H groups in total. The summed E-state index contributed by atoms with van der Waals surface area (Å²) in [5, 5.41) is 5.08. The molecule has 0 aliphatic carbocycles. The van der Waals surface area contributed by atoms with Crippen molar-refractivity contribution in [3.8, 4) is 0 Å². The molecule has 0 unspecified atom stereocenters. The van der Waals surface area contributed by atoms with Crippen molar-refractivity contribution in [2.45, 2.75) is 27.7 Å². The van der Waals surface area contributed by atoms with E-state index in [-0.39, 0.29) is 12.5 Å². The van der Waals surface area contributed by atoms with E-state index < -0.39 is 6.03 Å². The number of benzene rings is 2. The van der Waals surface area contributed by atoms with Crippen LogP contribution in [-0.2, 0) is 4.79 Å². The van der Waals surface area contributed by atoms with Crippen molar-refractivity contribution in [3.63, 3.8) is 0 Å². The smallest absolute Gasteiger partial charge is 0.325 e. The summed E-state index contributed by atoms with van der Waals surface area (Å²) >= 11 is 0. The maximum atomic E-state index is 12.1. The van der Waals surface area contributed by atoms with Crippen LogP contribution in [0.3, 0.4) is 0 Å². The zero-order valence-electron chi connectivity index (χ0n) is 15.4. The fraction of sp³-hybridized carbons (Fsp3) is 0.300. The highest BCUT2D eigenvalue weighted by molar-refractivity contribution is 6.02. The Morgan fingerprint density at radius 2 is 1.56 bits per heavy atom. The van der Waals surface area contributed by atoms with Crippen LogP contribution in [0.5, 0.6) is 0 Å². The molecule has 3 amide bonds. The number of carbonyl (C=O) groups excluding carboxylic acids is 2. The molecule has 0 bridgehead atoms.